The van der Waals surface area contributed by atoms with Gasteiger partial charge in [0, 0.05) is 43.4 Å². The van der Waals surface area contributed by atoms with Gasteiger partial charge in [-0.25, -0.2) is 0 Å². The summed E-state index contributed by atoms with van der Waals surface area (Å²) >= 11 is 3.90. The zero-order valence-corrected chi connectivity index (χ0v) is 14.4. The van der Waals surface area contributed by atoms with Crippen molar-refractivity contribution in [2.75, 3.05) is 43.9 Å². The molecule has 0 aliphatic carbocycles. The summed E-state index contributed by atoms with van der Waals surface area (Å²) in [6.07, 6.45) is 0.881. The molecule has 2 fully saturated rings. The molecule has 4 nitrogen and oxygen atoms in total. The van der Waals surface area contributed by atoms with Crippen LogP contribution < -0.4 is 5.32 Å². The predicted molar refractivity (Wildman–Crippen MR) is 90.9 cm³/mol. The second-order valence-electron chi connectivity index (χ2n) is 6.03. The number of thioether (sulfide) groups is 2. The number of rotatable bonds is 3. The van der Waals surface area contributed by atoms with Crippen LogP contribution in [0.3, 0.4) is 0 Å². The van der Waals surface area contributed by atoms with Crippen LogP contribution in [0.15, 0.2) is 4.99 Å². The Morgan fingerprint density at radius 1 is 1.50 bits per heavy atom. The lowest BCUT2D eigenvalue weighted by atomic mass is 10.0. The molecule has 0 aromatic carbocycles. The highest BCUT2D eigenvalue weighted by atomic mass is 32.2. The first-order valence-electron chi connectivity index (χ1n) is 7.41. The van der Waals surface area contributed by atoms with Crippen LogP contribution in [0.5, 0.6) is 0 Å². The minimum Gasteiger partial charge on any atom is -0.387 e. The predicted octanol–water partition coefficient (Wildman–Crippen LogP) is 1.50. The molecular weight excluding hydrogens is 290 g/mol. The van der Waals surface area contributed by atoms with Gasteiger partial charge in [0.1, 0.15) is 0 Å². The van der Waals surface area contributed by atoms with Crippen molar-refractivity contribution in [3.05, 3.63) is 0 Å². The average Bonchev–Trinajstić information content (AvgIpc) is 2.87. The molecule has 2 aliphatic rings. The molecule has 0 amide bonds. The molecule has 0 radical (unpaired) electrons. The van der Waals surface area contributed by atoms with E-state index in [0.717, 1.165) is 42.7 Å². The highest BCUT2D eigenvalue weighted by Gasteiger charge is 2.32. The zero-order chi connectivity index (χ0) is 14.6. The van der Waals surface area contributed by atoms with Gasteiger partial charge >= 0.3 is 0 Å². The molecule has 2 rings (SSSR count). The molecule has 2 saturated heterocycles. The van der Waals surface area contributed by atoms with E-state index in [2.05, 4.69) is 40.8 Å². The van der Waals surface area contributed by atoms with Gasteiger partial charge in [-0.15, -0.1) is 0 Å². The molecule has 2 atom stereocenters. The fourth-order valence-corrected chi connectivity index (χ4v) is 5.18. The van der Waals surface area contributed by atoms with Crippen LogP contribution in [0, 0.1) is 5.92 Å². The van der Waals surface area contributed by atoms with Crippen LogP contribution in [0.4, 0.5) is 0 Å². The summed E-state index contributed by atoms with van der Waals surface area (Å²) in [6.45, 7) is 7.28. The van der Waals surface area contributed by atoms with Crippen molar-refractivity contribution >= 4 is 29.5 Å². The van der Waals surface area contributed by atoms with E-state index >= 15 is 0 Å². The van der Waals surface area contributed by atoms with E-state index in [0.29, 0.717) is 17.7 Å². The third kappa shape index (κ3) is 4.21. The lowest BCUT2D eigenvalue weighted by molar-refractivity contribution is 0.0717. The number of hydrogen-bond donors (Lipinski definition) is 2. The van der Waals surface area contributed by atoms with E-state index in [9.17, 15) is 5.11 Å². The summed E-state index contributed by atoms with van der Waals surface area (Å²) in [5, 5.41) is 14.5. The summed E-state index contributed by atoms with van der Waals surface area (Å²) in [6, 6.07) is 0. The lowest BCUT2D eigenvalue weighted by Crippen LogP contribution is -2.52. The largest absolute Gasteiger partial charge is 0.387 e. The van der Waals surface area contributed by atoms with Crippen LogP contribution in [-0.2, 0) is 0 Å². The third-order valence-electron chi connectivity index (χ3n) is 4.01. The van der Waals surface area contributed by atoms with Crippen molar-refractivity contribution < 1.29 is 5.11 Å². The standard InChI is InChI=1S/C14H27N3OS2/c1-11(2)12-8-17(5-7-20-12)13(15-3)16-9-14(18)4-6-19-10-14/h11-12,18H,4-10H2,1-3H3,(H,15,16). The molecule has 6 heteroatoms. The van der Waals surface area contributed by atoms with E-state index in [-0.39, 0.29) is 0 Å². The van der Waals surface area contributed by atoms with Crippen molar-refractivity contribution in [1.29, 1.82) is 0 Å². The monoisotopic (exact) mass is 317 g/mol. The zero-order valence-electron chi connectivity index (χ0n) is 12.8. The maximum Gasteiger partial charge on any atom is 0.193 e. The lowest BCUT2D eigenvalue weighted by Gasteiger charge is -2.37. The van der Waals surface area contributed by atoms with Gasteiger partial charge < -0.3 is 15.3 Å². The Hall–Kier alpha value is -0.0700. The average molecular weight is 318 g/mol. The van der Waals surface area contributed by atoms with Crippen LogP contribution in [0.2, 0.25) is 0 Å². The van der Waals surface area contributed by atoms with Crippen LogP contribution in [-0.4, -0.2) is 70.8 Å². The van der Waals surface area contributed by atoms with E-state index in [1.165, 1.54) is 0 Å². The Balaban J connectivity index is 1.88. The first kappa shape index (κ1) is 16.3. The second-order valence-corrected chi connectivity index (χ2v) is 8.48. The molecule has 2 heterocycles. The molecule has 2 unspecified atom stereocenters. The van der Waals surface area contributed by atoms with E-state index in [1.807, 2.05) is 18.8 Å². The molecule has 0 saturated carbocycles. The summed E-state index contributed by atoms with van der Waals surface area (Å²) in [5.74, 6) is 4.69. The van der Waals surface area contributed by atoms with Gasteiger partial charge in [-0.1, -0.05) is 13.8 Å². The molecule has 0 aromatic heterocycles. The van der Waals surface area contributed by atoms with E-state index < -0.39 is 5.60 Å². The van der Waals surface area contributed by atoms with E-state index in [4.69, 9.17) is 0 Å². The van der Waals surface area contributed by atoms with Crippen molar-refractivity contribution in [3.63, 3.8) is 0 Å². The summed E-state index contributed by atoms with van der Waals surface area (Å²) in [7, 11) is 1.84. The fraction of sp³-hybridized carbons (Fsp3) is 0.929. The number of nitrogens with one attached hydrogen (secondary N) is 1. The number of hydrogen-bond acceptors (Lipinski definition) is 4. The van der Waals surface area contributed by atoms with Gasteiger partial charge in [-0.3, -0.25) is 4.99 Å². The maximum absolute atomic E-state index is 10.4. The Labute approximate surface area is 131 Å². The number of aliphatic imine (C=N–C) groups is 1. The quantitative estimate of drug-likeness (QED) is 0.610. The Bertz CT molecular complexity index is 343. The third-order valence-corrected chi connectivity index (χ3v) is 6.78. The topological polar surface area (TPSA) is 47.9 Å². The Morgan fingerprint density at radius 3 is 2.90 bits per heavy atom. The molecule has 0 aromatic rings. The van der Waals surface area contributed by atoms with Gasteiger partial charge in [0.25, 0.3) is 0 Å². The maximum atomic E-state index is 10.4. The van der Waals surface area contributed by atoms with Crippen molar-refractivity contribution in [1.82, 2.24) is 10.2 Å². The van der Waals surface area contributed by atoms with Crippen molar-refractivity contribution in [2.45, 2.75) is 31.1 Å². The Morgan fingerprint density at radius 2 is 2.30 bits per heavy atom. The number of nitrogens with zero attached hydrogens (tertiary/aromatic N) is 2. The van der Waals surface area contributed by atoms with E-state index in [1.54, 1.807) is 0 Å². The smallest absolute Gasteiger partial charge is 0.193 e. The molecule has 2 N–H and O–H groups in total. The van der Waals surface area contributed by atoms with Crippen molar-refractivity contribution in [2.24, 2.45) is 10.9 Å². The Kier molecular flexibility index (Phi) is 5.93. The van der Waals surface area contributed by atoms with Gasteiger partial charge in [0.2, 0.25) is 0 Å². The molecule has 0 bridgehead atoms. The molecule has 116 valence electrons. The van der Waals surface area contributed by atoms with Gasteiger partial charge in [-0.2, -0.15) is 23.5 Å². The highest BCUT2D eigenvalue weighted by Crippen LogP contribution is 2.27. The SMILES string of the molecule is CN=C(NCC1(O)CCSC1)N1CCSC(C(C)C)C1. The first-order chi connectivity index (χ1) is 9.54. The minimum atomic E-state index is -0.553. The van der Waals surface area contributed by atoms with Crippen LogP contribution >= 0.6 is 23.5 Å². The summed E-state index contributed by atoms with van der Waals surface area (Å²) in [4.78, 5) is 6.74. The number of aliphatic hydroxyl groups is 1. The molecular formula is C14H27N3OS2. The van der Waals surface area contributed by atoms with Crippen LogP contribution in [0.25, 0.3) is 0 Å². The van der Waals surface area contributed by atoms with Crippen molar-refractivity contribution in [3.8, 4) is 0 Å². The normalized spacial score (nSPS) is 31.9. The minimum absolute atomic E-state index is 0.553. The van der Waals surface area contributed by atoms with Crippen LogP contribution in [0.1, 0.15) is 20.3 Å². The first-order valence-corrected chi connectivity index (χ1v) is 9.62. The summed E-state index contributed by atoms with van der Waals surface area (Å²) in [5.41, 5.74) is -0.553. The molecule has 20 heavy (non-hydrogen) atoms. The second kappa shape index (κ2) is 7.27. The van der Waals surface area contributed by atoms with Gasteiger partial charge in [0.05, 0.1) is 5.60 Å². The number of guanidine groups is 1. The molecule has 0 spiro atoms. The van der Waals surface area contributed by atoms with Gasteiger partial charge in [-0.05, 0) is 18.1 Å². The van der Waals surface area contributed by atoms with Gasteiger partial charge in [0.15, 0.2) is 5.96 Å². The molecule has 2 aliphatic heterocycles. The highest BCUT2D eigenvalue weighted by molar-refractivity contribution is 8.00. The summed E-state index contributed by atoms with van der Waals surface area (Å²) < 4.78 is 0. The fourth-order valence-electron chi connectivity index (χ4n) is 2.58.